The smallest absolute Gasteiger partial charge is 0.259 e. The lowest BCUT2D eigenvalue weighted by molar-refractivity contribution is 0.0954. The molecule has 1 aromatic carbocycles. The van der Waals surface area contributed by atoms with E-state index in [1.165, 1.54) is 0 Å². The van der Waals surface area contributed by atoms with Gasteiger partial charge in [-0.2, -0.15) is 5.10 Å². The lowest BCUT2D eigenvalue weighted by atomic mass is 10.0. The van der Waals surface area contributed by atoms with Gasteiger partial charge >= 0.3 is 0 Å². The van der Waals surface area contributed by atoms with Crippen LogP contribution in [0.3, 0.4) is 0 Å². The summed E-state index contributed by atoms with van der Waals surface area (Å²) in [6.07, 6.45) is 3.81. The molecule has 0 atom stereocenters. The molecule has 0 aliphatic carbocycles. The molecule has 0 bridgehead atoms. The van der Waals surface area contributed by atoms with E-state index >= 15 is 0 Å². The molecule has 0 spiro atoms. The predicted molar refractivity (Wildman–Crippen MR) is 111 cm³/mol. The van der Waals surface area contributed by atoms with Crippen LogP contribution in [0.1, 0.15) is 37.0 Å². The number of unbranched alkanes of at least 4 members (excludes halogenated alkanes) is 1. The Morgan fingerprint density at radius 1 is 1.14 bits per heavy atom. The molecule has 4 rings (SSSR count). The van der Waals surface area contributed by atoms with Crippen molar-refractivity contribution in [2.45, 2.75) is 33.2 Å². The second-order valence-electron chi connectivity index (χ2n) is 6.80. The lowest BCUT2D eigenvalue weighted by Crippen LogP contribution is -2.24. The van der Waals surface area contributed by atoms with Gasteiger partial charge in [0.15, 0.2) is 0 Å². The van der Waals surface area contributed by atoms with Gasteiger partial charge < -0.3 is 9.84 Å². The van der Waals surface area contributed by atoms with Crippen molar-refractivity contribution in [3.63, 3.8) is 0 Å². The summed E-state index contributed by atoms with van der Waals surface area (Å²) in [4.78, 5) is 17.6. The maximum atomic E-state index is 13.0. The molecule has 1 N–H and O–H groups in total. The number of aryl methyl sites for hydroxylation is 1. The van der Waals surface area contributed by atoms with E-state index in [9.17, 15) is 4.79 Å². The monoisotopic (exact) mass is 389 g/mol. The summed E-state index contributed by atoms with van der Waals surface area (Å²) in [7, 11) is 0. The van der Waals surface area contributed by atoms with Crippen molar-refractivity contribution < 1.29 is 9.32 Å². The first-order valence-electron chi connectivity index (χ1n) is 9.89. The van der Waals surface area contributed by atoms with Gasteiger partial charge in [0.25, 0.3) is 11.6 Å². The molecule has 7 heteroatoms. The maximum Gasteiger partial charge on any atom is 0.259 e. The first-order chi connectivity index (χ1) is 14.2. The van der Waals surface area contributed by atoms with Crippen molar-refractivity contribution in [2.24, 2.45) is 0 Å². The van der Waals surface area contributed by atoms with E-state index in [0.29, 0.717) is 40.3 Å². The van der Waals surface area contributed by atoms with Crippen LogP contribution >= 0.6 is 0 Å². The second kappa shape index (κ2) is 8.26. The number of hydrogen-bond donors (Lipinski definition) is 1. The van der Waals surface area contributed by atoms with Crippen molar-refractivity contribution in [2.75, 3.05) is 6.54 Å². The van der Waals surface area contributed by atoms with Crippen LogP contribution in [0.25, 0.3) is 33.7 Å². The van der Waals surface area contributed by atoms with E-state index in [-0.39, 0.29) is 5.91 Å². The number of pyridine rings is 1. The third-order valence-electron chi connectivity index (χ3n) is 4.78. The Labute approximate surface area is 168 Å². The first kappa shape index (κ1) is 18.9. The molecule has 4 aromatic rings. The third-order valence-corrected chi connectivity index (χ3v) is 4.78. The summed E-state index contributed by atoms with van der Waals surface area (Å²) in [5.74, 6) is -0.164. The first-order valence-corrected chi connectivity index (χ1v) is 9.89. The van der Waals surface area contributed by atoms with Crippen LogP contribution in [-0.2, 0) is 6.54 Å². The minimum atomic E-state index is -0.164. The Balaban J connectivity index is 1.86. The number of fused-ring (bicyclic) bond motifs is 1. The Hall–Kier alpha value is -3.48. The Morgan fingerprint density at radius 2 is 1.97 bits per heavy atom. The molecule has 3 heterocycles. The molecule has 3 aromatic heterocycles. The van der Waals surface area contributed by atoms with Crippen LogP contribution in [-0.4, -0.2) is 32.4 Å². The number of hydrogen-bond acceptors (Lipinski definition) is 5. The van der Waals surface area contributed by atoms with Gasteiger partial charge in [0.05, 0.1) is 16.6 Å². The number of aromatic nitrogens is 4. The average Bonchev–Trinajstić information content (AvgIpc) is 3.41. The molecule has 0 unspecified atom stereocenters. The summed E-state index contributed by atoms with van der Waals surface area (Å²) in [6, 6.07) is 13.3. The van der Waals surface area contributed by atoms with Gasteiger partial charge in [0, 0.05) is 24.8 Å². The Bertz CT molecular complexity index is 1130. The molecule has 1 amide bonds. The zero-order chi connectivity index (χ0) is 20.2. The van der Waals surface area contributed by atoms with Crippen molar-refractivity contribution in [1.82, 2.24) is 25.2 Å². The number of amides is 1. The van der Waals surface area contributed by atoms with Gasteiger partial charge in [0.2, 0.25) is 0 Å². The van der Waals surface area contributed by atoms with Crippen LogP contribution in [0.2, 0.25) is 0 Å². The SMILES string of the molecule is CCCCNC(=O)c1cc(-c2ccn(CC)n2)nc2onc(-c3ccccc3)c12. The molecule has 148 valence electrons. The summed E-state index contributed by atoms with van der Waals surface area (Å²) in [5, 5.41) is 12.3. The van der Waals surface area contributed by atoms with Gasteiger partial charge in [-0.25, -0.2) is 4.98 Å². The molecule has 0 radical (unpaired) electrons. The minimum Gasteiger partial charge on any atom is -0.352 e. The van der Waals surface area contributed by atoms with E-state index in [2.05, 4.69) is 27.5 Å². The molecule has 0 aliphatic heterocycles. The Kier molecular flexibility index (Phi) is 5.37. The topological polar surface area (TPSA) is 85.8 Å². The summed E-state index contributed by atoms with van der Waals surface area (Å²) in [6.45, 7) is 5.48. The van der Waals surface area contributed by atoms with Crippen LogP contribution in [0.4, 0.5) is 0 Å². The summed E-state index contributed by atoms with van der Waals surface area (Å²) in [5.41, 5.74) is 3.58. The zero-order valence-corrected chi connectivity index (χ0v) is 16.6. The Morgan fingerprint density at radius 3 is 2.69 bits per heavy atom. The number of rotatable bonds is 7. The van der Waals surface area contributed by atoms with Crippen LogP contribution in [0, 0.1) is 0 Å². The van der Waals surface area contributed by atoms with E-state index < -0.39 is 0 Å². The van der Waals surface area contributed by atoms with Gasteiger partial charge in [0.1, 0.15) is 11.4 Å². The predicted octanol–water partition coefficient (Wildman–Crippen LogP) is 4.30. The van der Waals surface area contributed by atoms with Crippen molar-refractivity contribution in [1.29, 1.82) is 0 Å². The fourth-order valence-corrected chi connectivity index (χ4v) is 3.20. The van der Waals surface area contributed by atoms with Crippen molar-refractivity contribution in [3.05, 3.63) is 54.2 Å². The largest absolute Gasteiger partial charge is 0.352 e. The maximum absolute atomic E-state index is 13.0. The van der Waals surface area contributed by atoms with Gasteiger partial charge in [-0.15, -0.1) is 0 Å². The zero-order valence-electron chi connectivity index (χ0n) is 16.6. The van der Waals surface area contributed by atoms with Crippen LogP contribution in [0.15, 0.2) is 53.2 Å². The number of benzene rings is 1. The molecule has 7 nitrogen and oxygen atoms in total. The van der Waals surface area contributed by atoms with Gasteiger partial charge in [-0.3, -0.25) is 9.48 Å². The molecule has 0 aliphatic rings. The number of carbonyl (C=O) groups is 1. The van der Waals surface area contributed by atoms with Crippen LogP contribution < -0.4 is 5.32 Å². The van der Waals surface area contributed by atoms with Crippen LogP contribution in [0.5, 0.6) is 0 Å². The normalized spacial score (nSPS) is 11.1. The third kappa shape index (κ3) is 3.76. The standard InChI is InChI=1S/C22H23N5O2/c1-3-5-12-23-21(28)16-14-18(17-11-13-27(4-2)25-17)24-22-19(16)20(26-29-22)15-9-7-6-8-10-15/h6-11,13-14H,3-5,12H2,1-2H3,(H,23,28). The number of nitrogens with one attached hydrogen (secondary N) is 1. The summed E-state index contributed by atoms with van der Waals surface area (Å²) >= 11 is 0. The van der Waals surface area contributed by atoms with Crippen molar-refractivity contribution >= 4 is 17.0 Å². The molecular weight excluding hydrogens is 366 g/mol. The highest BCUT2D eigenvalue weighted by atomic mass is 16.5. The summed E-state index contributed by atoms with van der Waals surface area (Å²) < 4.78 is 7.36. The van der Waals surface area contributed by atoms with E-state index in [4.69, 9.17) is 4.52 Å². The second-order valence-corrected chi connectivity index (χ2v) is 6.80. The molecule has 0 saturated carbocycles. The quantitative estimate of drug-likeness (QED) is 0.476. The fraction of sp³-hybridized carbons (Fsp3) is 0.273. The van der Waals surface area contributed by atoms with Gasteiger partial charge in [-0.1, -0.05) is 48.8 Å². The van der Waals surface area contributed by atoms with E-state index in [1.807, 2.05) is 54.2 Å². The molecular formula is C22H23N5O2. The highest BCUT2D eigenvalue weighted by molar-refractivity contribution is 6.10. The lowest BCUT2D eigenvalue weighted by Gasteiger charge is -2.08. The average molecular weight is 389 g/mol. The van der Waals surface area contributed by atoms with E-state index in [0.717, 1.165) is 24.9 Å². The number of nitrogens with zero attached hydrogens (tertiary/aromatic N) is 4. The van der Waals surface area contributed by atoms with E-state index in [1.54, 1.807) is 6.07 Å². The minimum absolute atomic E-state index is 0.164. The van der Waals surface area contributed by atoms with Gasteiger partial charge in [-0.05, 0) is 25.5 Å². The fourth-order valence-electron chi connectivity index (χ4n) is 3.20. The van der Waals surface area contributed by atoms with Crippen molar-refractivity contribution in [3.8, 4) is 22.6 Å². The molecule has 0 fully saturated rings. The number of carbonyl (C=O) groups excluding carboxylic acids is 1. The highest BCUT2D eigenvalue weighted by Gasteiger charge is 2.22. The molecule has 29 heavy (non-hydrogen) atoms. The highest BCUT2D eigenvalue weighted by Crippen LogP contribution is 2.32. The molecule has 0 saturated heterocycles.